The van der Waals surface area contributed by atoms with E-state index < -0.39 is 0 Å². The predicted octanol–water partition coefficient (Wildman–Crippen LogP) is 2.41. The largest absolute Gasteiger partial charge is 0.454 e. The van der Waals surface area contributed by atoms with Gasteiger partial charge in [-0.15, -0.1) is 0 Å². The molecule has 0 atom stereocenters. The second-order valence-electron chi connectivity index (χ2n) is 8.24. The number of carbonyl (C=O) groups excluding carboxylic acids is 1. The van der Waals surface area contributed by atoms with E-state index in [1.54, 1.807) is 17.2 Å². The van der Waals surface area contributed by atoms with E-state index in [0.717, 1.165) is 42.4 Å². The summed E-state index contributed by atoms with van der Waals surface area (Å²) in [6, 6.07) is 9.58. The van der Waals surface area contributed by atoms with Crippen LogP contribution in [-0.2, 0) is 13.1 Å². The number of benzene rings is 1. The van der Waals surface area contributed by atoms with Crippen LogP contribution < -0.4 is 14.9 Å². The molecule has 8 heteroatoms. The molecule has 0 spiro atoms. The van der Waals surface area contributed by atoms with E-state index in [1.807, 2.05) is 42.7 Å². The molecule has 8 nitrogen and oxygen atoms in total. The quantitative estimate of drug-likeness (QED) is 0.628. The van der Waals surface area contributed by atoms with Crippen molar-refractivity contribution in [2.24, 2.45) is 0 Å². The fourth-order valence-electron chi connectivity index (χ4n) is 4.33. The van der Waals surface area contributed by atoms with Gasteiger partial charge in [-0.05, 0) is 43.7 Å². The summed E-state index contributed by atoms with van der Waals surface area (Å²) in [4.78, 5) is 34.9. The fourth-order valence-corrected chi connectivity index (χ4v) is 4.33. The number of hydrogen-bond donors (Lipinski definition) is 0. The van der Waals surface area contributed by atoms with Crippen LogP contribution in [-0.4, -0.2) is 58.2 Å². The first-order valence-electron chi connectivity index (χ1n) is 10.9. The van der Waals surface area contributed by atoms with Crippen LogP contribution in [0.25, 0.3) is 11.0 Å². The summed E-state index contributed by atoms with van der Waals surface area (Å²) in [6.45, 7) is 8.22. The topological polar surface area (TPSA) is 76.9 Å². The molecule has 1 amide bonds. The van der Waals surface area contributed by atoms with Gasteiger partial charge < -0.3 is 18.9 Å². The smallest absolute Gasteiger partial charge is 0.259 e. The monoisotopic (exact) mass is 434 g/mol. The van der Waals surface area contributed by atoms with Gasteiger partial charge in [-0.1, -0.05) is 6.07 Å². The first-order chi connectivity index (χ1) is 15.5. The Morgan fingerprint density at radius 1 is 1.06 bits per heavy atom. The normalized spacial score (nSPS) is 16.0. The fraction of sp³-hybridized carbons (Fsp3) is 0.375. The number of hydrogen-bond acceptors (Lipinski definition) is 6. The third-order valence-electron chi connectivity index (χ3n) is 6.13. The van der Waals surface area contributed by atoms with Crippen LogP contribution in [0.5, 0.6) is 11.5 Å². The molecule has 1 fully saturated rings. The van der Waals surface area contributed by atoms with Crippen molar-refractivity contribution in [3.63, 3.8) is 0 Å². The van der Waals surface area contributed by atoms with Crippen LogP contribution in [0, 0.1) is 6.92 Å². The van der Waals surface area contributed by atoms with Gasteiger partial charge in [-0.25, -0.2) is 4.98 Å². The molecule has 0 N–H and O–H groups in total. The summed E-state index contributed by atoms with van der Waals surface area (Å²) >= 11 is 0. The number of amides is 1. The zero-order valence-electron chi connectivity index (χ0n) is 18.3. The Kier molecular flexibility index (Phi) is 5.30. The molecule has 32 heavy (non-hydrogen) atoms. The first-order valence-corrected chi connectivity index (χ1v) is 10.9. The Hall–Kier alpha value is -3.39. The number of carbonyl (C=O) groups is 1. The molecular weight excluding hydrogens is 408 g/mol. The molecule has 2 aliphatic heterocycles. The van der Waals surface area contributed by atoms with Crippen LogP contribution in [0.4, 0.5) is 0 Å². The second-order valence-corrected chi connectivity index (χ2v) is 8.24. The second kappa shape index (κ2) is 8.27. The Morgan fingerprint density at radius 3 is 2.62 bits per heavy atom. The third kappa shape index (κ3) is 3.71. The van der Waals surface area contributed by atoms with E-state index in [4.69, 9.17) is 9.47 Å². The molecule has 1 saturated heterocycles. The molecule has 166 valence electrons. The molecule has 0 aliphatic carbocycles. The zero-order chi connectivity index (χ0) is 22.2. The first kappa shape index (κ1) is 20.5. The van der Waals surface area contributed by atoms with E-state index in [-0.39, 0.29) is 23.7 Å². The van der Waals surface area contributed by atoms with Crippen molar-refractivity contribution in [1.82, 2.24) is 19.4 Å². The van der Waals surface area contributed by atoms with Crippen molar-refractivity contribution in [1.29, 1.82) is 0 Å². The average molecular weight is 434 g/mol. The van der Waals surface area contributed by atoms with Gasteiger partial charge in [0.1, 0.15) is 11.2 Å². The van der Waals surface area contributed by atoms with Crippen LogP contribution in [0.15, 0.2) is 41.3 Å². The van der Waals surface area contributed by atoms with Crippen molar-refractivity contribution >= 4 is 16.9 Å². The van der Waals surface area contributed by atoms with E-state index >= 15 is 0 Å². The maximum atomic E-state index is 13.2. The number of aromatic nitrogens is 2. The van der Waals surface area contributed by atoms with Crippen molar-refractivity contribution in [3.05, 3.63) is 63.6 Å². The van der Waals surface area contributed by atoms with Crippen LogP contribution in [0.3, 0.4) is 0 Å². The van der Waals surface area contributed by atoms with Gasteiger partial charge in [0.25, 0.3) is 5.91 Å². The Balaban J connectivity index is 1.30. The number of pyridine rings is 2. The Labute approximate surface area is 186 Å². The number of ether oxygens (including phenoxy) is 2. The predicted molar refractivity (Wildman–Crippen MR) is 120 cm³/mol. The molecule has 3 aromatic rings. The maximum Gasteiger partial charge on any atom is 0.259 e. The standard InChI is InChI=1S/C24H26N4O4/c1-3-27-14-19(22(29)18-6-4-16(2)25-23(18)27)24(30)28-10-8-26(9-11-28)13-17-5-7-20-21(12-17)32-15-31-20/h4-7,12,14H,3,8-11,13,15H2,1-2H3. The summed E-state index contributed by atoms with van der Waals surface area (Å²) in [5.41, 5.74) is 2.59. The van der Waals surface area contributed by atoms with Gasteiger partial charge in [0, 0.05) is 51.2 Å². The molecule has 4 heterocycles. The molecule has 5 rings (SSSR count). The minimum absolute atomic E-state index is 0.206. The third-order valence-corrected chi connectivity index (χ3v) is 6.13. The highest BCUT2D eigenvalue weighted by atomic mass is 16.7. The molecule has 0 saturated carbocycles. The van der Waals surface area contributed by atoms with Crippen LogP contribution in [0.1, 0.15) is 28.5 Å². The summed E-state index contributed by atoms with van der Waals surface area (Å²) in [5.74, 6) is 1.36. The SMILES string of the molecule is CCn1cc(C(=O)N2CCN(Cc3ccc4c(c3)OCO4)CC2)c(=O)c2ccc(C)nc21. The summed E-state index contributed by atoms with van der Waals surface area (Å²) in [7, 11) is 0. The number of piperazine rings is 1. The minimum Gasteiger partial charge on any atom is -0.454 e. The van der Waals surface area contributed by atoms with Gasteiger partial charge in [0.15, 0.2) is 11.5 Å². The lowest BCUT2D eigenvalue weighted by atomic mass is 10.1. The van der Waals surface area contributed by atoms with Crippen LogP contribution in [0.2, 0.25) is 0 Å². The molecule has 1 aromatic carbocycles. The Morgan fingerprint density at radius 2 is 1.84 bits per heavy atom. The lowest BCUT2D eigenvalue weighted by Gasteiger charge is -2.34. The number of rotatable bonds is 4. The average Bonchev–Trinajstić information content (AvgIpc) is 3.27. The highest BCUT2D eigenvalue weighted by Gasteiger charge is 2.26. The number of fused-ring (bicyclic) bond motifs is 2. The van der Waals surface area contributed by atoms with E-state index in [0.29, 0.717) is 30.7 Å². The summed E-state index contributed by atoms with van der Waals surface area (Å²) in [5, 5.41) is 0.491. The van der Waals surface area contributed by atoms with Crippen molar-refractivity contribution in [2.75, 3.05) is 33.0 Å². The van der Waals surface area contributed by atoms with Crippen LogP contribution >= 0.6 is 0 Å². The molecular formula is C24H26N4O4. The summed E-state index contributed by atoms with van der Waals surface area (Å²) in [6.07, 6.45) is 1.67. The van der Waals surface area contributed by atoms with E-state index in [1.165, 1.54) is 0 Å². The van der Waals surface area contributed by atoms with Gasteiger partial charge in [0.05, 0.1) is 5.39 Å². The van der Waals surface area contributed by atoms with E-state index in [2.05, 4.69) is 9.88 Å². The highest BCUT2D eigenvalue weighted by molar-refractivity contribution is 5.97. The number of aryl methyl sites for hydroxylation is 2. The van der Waals surface area contributed by atoms with Crippen molar-refractivity contribution in [2.45, 2.75) is 26.9 Å². The van der Waals surface area contributed by atoms with Crippen molar-refractivity contribution in [3.8, 4) is 11.5 Å². The maximum absolute atomic E-state index is 13.2. The Bertz CT molecular complexity index is 1240. The number of nitrogens with zero attached hydrogens (tertiary/aromatic N) is 4. The van der Waals surface area contributed by atoms with E-state index in [9.17, 15) is 9.59 Å². The highest BCUT2D eigenvalue weighted by Crippen LogP contribution is 2.32. The lowest BCUT2D eigenvalue weighted by molar-refractivity contribution is 0.0626. The minimum atomic E-state index is -0.245. The lowest BCUT2D eigenvalue weighted by Crippen LogP contribution is -2.49. The van der Waals surface area contributed by atoms with Gasteiger partial charge in [-0.3, -0.25) is 14.5 Å². The van der Waals surface area contributed by atoms with Gasteiger partial charge in [0.2, 0.25) is 12.2 Å². The van der Waals surface area contributed by atoms with Crippen molar-refractivity contribution < 1.29 is 14.3 Å². The van der Waals surface area contributed by atoms with Gasteiger partial charge in [-0.2, -0.15) is 0 Å². The molecule has 2 aromatic heterocycles. The van der Waals surface area contributed by atoms with Gasteiger partial charge >= 0.3 is 0 Å². The molecule has 2 aliphatic rings. The molecule has 0 unspecified atom stereocenters. The molecule has 0 bridgehead atoms. The zero-order valence-corrected chi connectivity index (χ0v) is 18.3. The molecule has 0 radical (unpaired) electrons. The summed E-state index contributed by atoms with van der Waals surface area (Å²) < 4.78 is 12.7.